The van der Waals surface area contributed by atoms with Gasteiger partial charge in [-0.1, -0.05) is 18.2 Å². The normalized spacial score (nSPS) is 18.1. The molecule has 0 N–H and O–H groups in total. The molecule has 0 spiro atoms. The molecule has 4 nitrogen and oxygen atoms in total. The first-order chi connectivity index (χ1) is 12.7. The predicted octanol–water partition coefficient (Wildman–Crippen LogP) is 3.87. The van der Waals surface area contributed by atoms with Crippen LogP contribution in [0.15, 0.2) is 41.3 Å². The Labute approximate surface area is 159 Å². The number of hydrogen-bond donors (Lipinski definition) is 0. The number of rotatable bonds is 4. The summed E-state index contributed by atoms with van der Waals surface area (Å²) in [7, 11) is -2.58. The van der Waals surface area contributed by atoms with Crippen molar-refractivity contribution in [2.75, 3.05) is 25.0 Å². The maximum Gasteiger partial charge on any atom is 0.246 e. The standard InChI is InChI=1S/C20H24F2N2O2S/c1-14-6-4-7-15(2)20(14)24-11-5-8-17(13-24)23(3)27(25,26)19-10-9-16(21)12-18(19)22/h4,6-7,9-10,12,17H,5,8,11,13H2,1-3H3/t17-/m0/s1. The van der Waals surface area contributed by atoms with Crippen LogP contribution in [-0.2, 0) is 10.0 Å². The second-order valence-electron chi connectivity index (χ2n) is 7.08. The van der Waals surface area contributed by atoms with Gasteiger partial charge < -0.3 is 4.90 Å². The van der Waals surface area contributed by atoms with E-state index in [4.69, 9.17) is 0 Å². The highest BCUT2D eigenvalue weighted by Crippen LogP contribution is 2.30. The van der Waals surface area contributed by atoms with Crippen LogP contribution in [-0.4, -0.2) is 38.9 Å². The largest absolute Gasteiger partial charge is 0.369 e. The molecule has 0 unspecified atom stereocenters. The first-order valence-corrected chi connectivity index (χ1v) is 10.4. The van der Waals surface area contributed by atoms with E-state index in [2.05, 4.69) is 4.90 Å². The van der Waals surface area contributed by atoms with Crippen LogP contribution in [0.25, 0.3) is 0 Å². The lowest BCUT2D eigenvalue weighted by Crippen LogP contribution is -2.49. The number of anilines is 1. The molecule has 0 aliphatic carbocycles. The van der Waals surface area contributed by atoms with Gasteiger partial charge in [0.05, 0.1) is 0 Å². The van der Waals surface area contributed by atoms with Crippen LogP contribution < -0.4 is 4.90 Å². The summed E-state index contributed by atoms with van der Waals surface area (Å²) in [5, 5.41) is 0. The van der Waals surface area contributed by atoms with Crippen molar-refractivity contribution >= 4 is 15.7 Å². The molecule has 1 heterocycles. The Morgan fingerprint density at radius 1 is 1.11 bits per heavy atom. The summed E-state index contributed by atoms with van der Waals surface area (Å²) in [5.74, 6) is -1.86. The number of likely N-dealkylation sites (N-methyl/N-ethyl adjacent to an activating group) is 1. The minimum Gasteiger partial charge on any atom is -0.369 e. The van der Waals surface area contributed by atoms with Gasteiger partial charge in [-0.3, -0.25) is 0 Å². The molecule has 1 aliphatic heterocycles. The van der Waals surface area contributed by atoms with Crippen molar-refractivity contribution in [3.63, 3.8) is 0 Å². The second kappa shape index (κ2) is 7.56. The number of hydrogen-bond acceptors (Lipinski definition) is 3. The number of halogens is 2. The number of para-hydroxylation sites is 1. The van der Waals surface area contributed by atoms with Crippen LogP contribution in [0.1, 0.15) is 24.0 Å². The Morgan fingerprint density at radius 2 is 1.78 bits per heavy atom. The van der Waals surface area contributed by atoms with Gasteiger partial charge in [0.2, 0.25) is 10.0 Å². The summed E-state index contributed by atoms with van der Waals surface area (Å²) in [5.41, 5.74) is 3.41. The first kappa shape index (κ1) is 19.8. The van der Waals surface area contributed by atoms with E-state index in [-0.39, 0.29) is 6.04 Å². The van der Waals surface area contributed by atoms with Crippen LogP contribution in [0.2, 0.25) is 0 Å². The Morgan fingerprint density at radius 3 is 2.41 bits per heavy atom. The average Bonchev–Trinajstić information content (AvgIpc) is 2.61. The highest BCUT2D eigenvalue weighted by molar-refractivity contribution is 7.89. The molecule has 146 valence electrons. The zero-order chi connectivity index (χ0) is 19.8. The second-order valence-corrected chi connectivity index (χ2v) is 9.04. The summed E-state index contributed by atoms with van der Waals surface area (Å²) in [6.07, 6.45) is 1.53. The number of piperidine rings is 1. The fourth-order valence-corrected chi connectivity index (χ4v) is 5.22. The van der Waals surface area contributed by atoms with Crippen molar-refractivity contribution in [1.82, 2.24) is 4.31 Å². The van der Waals surface area contributed by atoms with Crippen LogP contribution in [0.5, 0.6) is 0 Å². The summed E-state index contributed by atoms with van der Waals surface area (Å²) in [6, 6.07) is 8.36. The number of sulfonamides is 1. The van der Waals surface area contributed by atoms with E-state index < -0.39 is 26.6 Å². The SMILES string of the molecule is Cc1cccc(C)c1N1CCC[C@H](N(C)S(=O)(=O)c2ccc(F)cc2F)C1. The topological polar surface area (TPSA) is 40.6 Å². The van der Waals surface area contributed by atoms with Crippen LogP contribution in [0.3, 0.4) is 0 Å². The Balaban J connectivity index is 1.87. The van der Waals surface area contributed by atoms with Crippen molar-refractivity contribution < 1.29 is 17.2 Å². The fourth-order valence-electron chi connectivity index (χ4n) is 3.79. The third kappa shape index (κ3) is 3.84. The summed E-state index contributed by atoms with van der Waals surface area (Å²) < 4.78 is 54.2. The van der Waals surface area contributed by atoms with Crippen LogP contribution >= 0.6 is 0 Å². The van der Waals surface area contributed by atoms with E-state index in [0.717, 1.165) is 41.9 Å². The molecule has 27 heavy (non-hydrogen) atoms. The first-order valence-electron chi connectivity index (χ1n) is 8.96. The molecular weight excluding hydrogens is 370 g/mol. The Bertz CT molecular complexity index is 927. The van der Waals surface area contributed by atoms with E-state index in [1.807, 2.05) is 32.0 Å². The molecule has 2 aromatic rings. The zero-order valence-corrected chi connectivity index (χ0v) is 16.6. The number of aryl methyl sites for hydroxylation is 2. The zero-order valence-electron chi connectivity index (χ0n) is 15.7. The summed E-state index contributed by atoms with van der Waals surface area (Å²) >= 11 is 0. The molecule has 3 rings (SSSR count). The van der Waals surface area contributed by atoms with Crippen molar-refractivity contribution in [3.05, 3.63) is 59.2 Å². The van der Waals surface area contributed by atoms with E-state index >= 15 is 0 Å². The monoisotopic (exact) mass is 394 g/mol. The summed E-state index contributed by atoms with van der Waals surface area (Å²) in [6.45, 7) is 5.46. The lowest BCUT2D eigenvalue weighted by Gasteiger charge is -2.39. The maximum atomic E-state index is 14.1. The number of benzene rings is 2. The van der Waals surface area contributed by atoms with Gasteiger partial charge >= 0.3 is 0 Å². The molecule has 7 heteroatoms. The number of nitrogens with zero attached hydrogens (tertiary/aromatic N) is 2. The molecule has 1 fully saturated rings. The average molecular weight is 394 g/mol. The molecule has 0 saturated carbocycles. The quantitative estimate of drug-likeness (QED) is 0.790. The highest BCUT2D eigenvalue weighted by Gasteiger charge is 2.33. The molecular formula is C20H24F2N2O2S. The third-order valence-electron chi connectivity index (χ3n) is 5.22. The van der Waals surface area contributed by atoms with Gasteiger partial charge in [0.25, 0.3) is 0 Å². The molecule has 0 amide bonds. The molecule has 2 aromatic carbocycles. The third-order valence-corrected chi connectivity index (χ3v) is 7.16. The van der Waals surface area contributed by atoms with Gasteiger partial charge in [-0.05, 0) is 49.9 Å². The highest BCUT2D eigenvalue weighted by atomic mass is 32.2. The van der Waals surface area contributed by atoms with Gasteiger partial charge in [0.15, 0.2) is 0 Å². The molecule has 0 radical (unpaired) electrons. The minimum atomic E-state index is -4.05. The van der Waals surface area contributed by atoms with E-state index in [0.29, 0.717) is 19.0 Å². The molecule has 1 saturated heterocycles. The minimum absolute atomic E-state index is 0.285. The molecule has 1 atom stereocenters. The van der Waals surface area contributed by atoms with Gasteiger partial charge in [-0.15, -0.1) is 0 Å². The van der Waals surface area contributed by atoms with Crippen LogP contribution in [0, 0.1) is 25.5 Å². The van der Waals surface area contributed by atoms with E-state index in [9.17, 15) is 17.2 Å². The molecule has 1 aliphatic rings. The molecule has 0 bridgehead atoms. The maximum absolute atomic E-state index is 14.1. The van der Waals surface area contributed by atoms with Crippen molar-refractivity contribution in [2.24, 2.45) is 0 Å². The lowest BCUT2D eigenvalue weighted by molar-refractivity contribution is 0.319. The lowest BCUT2D eigenvalue weighted by atomic mass is 10.0. The predicted molar refractivity (Wildman–Crippen MR) is 102 cm³/mol. The van der Waals surface area contributed by atoms with Gasteiger partial charge in [-0.2, -0.15) is 4.31 Å². The van der Waals surface area contributed by atoms with E-state index in [1.54, 1.807) is 0 Å². The Hall–Kier alpha value is -1.99. The van der Waals surface area contributed by atoms with Crippen molar-refractivity contribution in [1.29, 1.82) is 0 Å². The van der Waals surface area contributed by atoms with Crippen molar-refractivity contribution in [3.8, 4) is 0 Å². The smallest absolute Gasteiger partial charge is 0.246 e. The van der Waals surface area contributed by atoms with Crippen LogP contribution in [0.4, 0.5) is 14.5 Å². The Kier molecular flexibility index (Phi) is 5.53. The van der Waals surface area contributed by atoms with E-state index in [1.165, 1.54) is 11.4 Å². The van der Waals surface area contributed by atoms with Crippen molar-refractivity contribution in [2.45, 2.75) is 37.6 Å². The van der Waals surface area contributed by atoms with Gasteiger partial charge in [0, 0.05) is 37.9 Å². The van der Waals surface area contributed by atoms with Gasteiger partial charge in [-0.25, -0.2) is 17.2 Å². The fraction of sp³-hybridized carbons (Fsp3) is 0.400. The van der Waals surface area contributed by atoms with Gasteiger partial charge in [0.1, 0.15) is 16.5 Å². The summed E-state index contributed by atoms with van der Waals surface area (Å²) in [4.78, 5) is 1.71. The molecule has 0 aromatic heterocycles.